The highest BCUT2D eigenvalue weighted by Gasteiger charge is 2.51. The highest BCUT2D eigenvalue weighted by molar-refractivity contribution is 6.06. The van der Waals surface area contributed by atoms with Crippen LogP contribution in [0.3, 0.4) is 0 Å². The van der Waals surface area contributed by atoms with E-state index in [1.165, 1.54) is 0 Å². The molecule has 1 spiro atoms. The van der Waals surface area contributed by atoms with Gasteiger partial charge in [0.05, 0.1) is 11.5 Å². The molecule has 2 heterocycles. The summed E-state index contributed by atoms with van der Waals surface area (Å²) in [6, 6.07) is 17.4. The van der Waals surface area contributed by atoms with Gasteiger partial charge in [0, 0.05) is 37.5 Å². The van der Waals surface area contributed by atoms with E-state index in [-0.39, 0.29) is 30.4 Å². The molecule has 0 fully saturated rings. The largest absolute Gasteiger partial charge is 0.377 e. The number of benzene rings is 2. The molecule has 0 bridgehead atoms. The van der Waals surface area contributed by atoms with Gasteiger partial charge >= 0.3 is 0 Å². The fourth-order valence-electron chi connectivity index (χ4n) is 5.58. The maximum atomic E-state index is 13.1. The van der Waals surface area contributed by atoms with E-state index in [1.54, 1.807) is 25.1 Å². The third kappa shape index (κ3) is 4.67. The maximum Gasteiger partial charge on any atom is 0.244 e. The molecule has 1 aliphatic carbocycles. The van der Waals surface area contributed by atoms with Gasteiger partial charge in [0.1, 0.15) is 12.4 Å². The van der Waals surface area contributed by atoms with Crippen molar-refractivity contribution in [3.05, 3.63) is 88.6 Å². The van der Waals surface area contributed by atoms with Crippen LogP contribution in [-0.4, -0.2) is 41.3 Å². The number of aromatic nitrogens is 1. The normalized spacial score (nSPS) is 18.0. The van der Waals surface area contributed by atoms with E-state index in [2.05, 4.69) is 15.6 Å². The third-order valence-corrected chi connectivity index (χ3v) is 7.66. The molecular weight excluding hydrogens is 480 g/mol. The molecule has 3 amide bonds. The Morgan fingerprint density at radius 3 is 2.71 bits per heavy atom. The minimum atomic E-state index is -0.661. The summed E-state index contributed by atoms with van der Waals surface area (Å²) in [6.07, 6.45) is 2.99. The van der Waals surface area contributed by atoms with Crippen LogP contribution in [0.5, 0.6) is 0 Å². The zero-order chi connectivity index (χ0) is 26.9. The second-order valence-corrected chi connectivity index (χ2v) is 10.0. The molecule has 2 atom stereocenters. The highest BCUT2D eigenvalue weighted by Crippen LogP contribution is 2.46. The minimum Gasteiger partial charge on any atom is -0.377 e. The molecular formula is C30H32N4O4. The van der Waals surface area contributed by atoms with Gasteiger partial charge in [0.25, 0.3) is 0 Å². The first-order chi connectivity index (χ1) is 18.3. The zero-order valence-corrected chi connectivity index (χ0v) is 21.9. The molecule has 5 rings (SSSR count). The first-order valence-corrected chi connectivity index (χ1v) is 12.9. The van der Waals surface area contributed by atoms with E-state index in [0.717, 1.165) is 27.8 Å². The van der Waals surface area contributed by atoms with Gasteiger partial charge in [0.15, 0.2) is 0 Å². The summed E-state index contributed by atoms with van der Waals surface area (Å²) in [6.45, 7) is 4.00. The fourth-order valence-corrected chi connectivity index (χ4v) is 5.58. The Labute approximate surface area is 222 Å². The van der Waals surface area contributed by atoms with Gasteiger partial charge < -0.3 is 20.3 Å². The third-order valence-electron chi connectivity index (χ3n) is 7.66. The number of fused-ring (bicyclic) bond motifs is 3. The Morgan fingerprint density at radius 2 is 1.92 bits per heavy atom. The van der Waals surface area contributed by atoms with Crippen molar-refractivity contribution in [3.8, 4) is 0 Å². The van der Waals surface area contributed by atoms with Crippen LogP contribution in [0.1, 0.15) is 54.2 Å². The number of pyridine rings is 1. The van der Waals surface area contributed by atoms with Crippen molar-refractivity contribution in [1.82, 2.24) is 9.88 Å². The second kappa shape index (κ2) is 10.4. The molecule has 196 valence electrons. The monoisotopic (exact) mass is 512 g/mol. The Bertz CT molecular complexity index is 1400. The predicted octanol–water partition coefficient (Wildman–Crippen LogP) is 4.16. The van der Waals surface area contributed by atoms with Crippen molar-refractivity contribution in [1.29, 1.82) is 0 Å². The SMILES string of the molecule is CCC(=O)N(CC(=O)Nc1ccc2c(c1)CC1(C2)C(=O)Nc2ncccc21)Cc1ccccc1C(C)OC. The standard InChI is InChI=1S/C30H32N4O4/c1-4-27(36)34(17-21-8-5-6-9-24(21)19(2)38-3)18-26(35)32-23-12-11-20-15-30(16-22(20)14-23)25-10-7-13-31-28(25)33-29(30)37/h5-14,19H,4,15-18H2,1-3H3,(H,32,35)(H,31,33,37). The van der Waals surface area contributed by atoms with Crippen molar-refractivity contribution in [3.63, 3.8) is 0 Å². The second-order valence-electron chi connectivity index (χ2n) is 10.0. The topological polar surface area (TPSA) is 101 Å². The molecule has 2 N–H and O–H groups in total. The predicted molar refractivity (Wildman–Crippen MR) is 145 cm³/mol. The number of amides is 3. The first-order valence-electron chi connectivity index (χ1n) is 12.9. The lowest BCUT2D eigenvalue weighted by atomic mass is 9.79. The number of anilines is 2. The van der Waals surface area contributed by atoms with E-state index >= 15 is 0 Å². The Morgan fingerprint density at radius 1 is 1.13 bits per heavy atom. The number of methoxy groups -OCH3 is 1. The average molecular weight is 513 g/mol. The Balaban J connectivity index is 1.30. The quantitative estimate of drug-likeness (QED) is 0.472. The summed E-state index contributed by atoms with van der Waals surface area (Å²) in [4.78, 5) is 44.7. The number of hydrogen-bond donors (Lipinski definition) is 2. The summed E-state index contributed by atoms with van der Waals surface area (Å²) in [7, 11) is 1.65. The molecule has 3 aromatic rings. The average Bonchev–Trinajstić information content (AvgIpc) is 3.44. The number of nitrogens with one attached hydrogen (secondary N) is 2. The fraction of sp³-hybridized carbons (Fsp3) is 0.333. The van der Waals surface area contributed by atoms with Crippen LogP contribution in [0.4, 0.5) is 11.5 Å². The maximum absolute atomic E-state index is 13.1. The summed E-state index contributed by atoms with van der Waals surface area (Å²) in [5.74, 6) is 0.214. The lowest BCUT2D eigenvalue weighted by Gasteiger charge is -2.24. The van der Waals surface area contributed by atoms with Crippen molar-refractivity contribution in [2.24, 2.45) is 0 Å². The van der Waals surface area contributed by atoms with Crippen LogP contribution >= 0.6 is 0 Å². The van der Waals surface area contributed by atoms with Gasteiger partial charge in [-0.2, -0.15) is 0 Å². The lowest BCUT2D eigenvalue weighted by molar-refractivity contribution is -0.135. The molecule has 0 saturated heterocycles. The summed E-state index contributed by atoms with van der Waals surface area (Å²) >= 11 is 0. The van der Waals surface area contributed by atoms with Crippen LogP contribution in [-0.2, 0) is 43.9 Å². The molecule has 0 saturated carbocycles. The van der Waals surface area contributed by atoms with Crippen molar-refractivity contribution < 1.29 is 19.1 Å². The molecule has 2 aliphatic rings. The number of rotatable bonds is 8. The Hall–Kier alpha value is -4.04. The smallest absolute Gasteiger partial charge is 0.244 e. The van der Waals surface area contributed by atoms with Gasteiger partial charge in [-0.05, 0) is 60.2 Å². The van der Waals surface area contributed by atoms with Crippen LogP contribution in [0, 0.1) is 0 Å². The van der Waals surface area contributed by atoms with E-state index < -0.39 is 5.41 Å². The number of ether oxygens (including phenoxy) is 1. The summed E-state index contributed by atoms with van der Waals surface area (Å²) < 4.78 is 5.49. The van der Waals surface area contributed by atoms with Gasteiger partial charge in [-0.1, -0.05) is 43.3 Å². The van der Waals surface area contributed by atoms with E-state index in [4.69, 9.17) is 4.74 Å². The molecule has 8 nitrogen and oxygen atoms in total. The van der Waals surface area contributed by atoms with E-state index in [0.29, 0.717) is 37.3 Å². The minimum absolute atomic E-state index is 0.0372. The van der Waals surface area contributed by atoms with Gasteiger partial charge in [-0.15, -0.1) is 0 Å². The Kier molecular flexibility index (Phi) is 6.99. The van der Waals surface area contributed by atoms with Gasteiger partial charge in [0.2, 0.25) is 17.7 Å². The molecule has 1 aliphatic heterocycles. The van der Waals surface area contributed by atoms with E-state index in [1.807, 2.05) is 61.5 Å². The highest BCUT2D eigenvalue weighted by atomic mass is 16.5. The van der Waals surface area contributed by atoms with Crippen LogP contribution < -0.4 is 10.6 Å². The number of carbonyl (C=O) groups is 3. The van der Waals surface area contributed by atoms with Crippen molar-refractivity contribution in [2.75, 3.05) is 24.3 Å². The molecule has 2 unspecified atom stereocenters. The van der Waals surface area contributed by atoms with Gasteiger partial charge in [-0.25, -0.2) is 4.98 Å². The van der Waals surface area contributed by atoms with Crippen molar-refractivity contribution >= 4 is 29.2 Å². The first kappa shape index (κ1) is 25.6. The molecule has 38 heavy (non-hydrogen) atoms. The zero-order valence-electron chi connectivity index (χ0n) is 21.9. The molecule has 2 aromatic carbocycles. The number of hydrogen-bond acceptors (Lipinski definition) is 5. The van der Waals surface area contributed by atoms with Crippen molar-refractivity contribution in [2.45, 2.75) is 51.2 Å². The van der Waals surface area contributed by atoms with Gasteiger partial charge in [-0.3, -0.25) is 14.4 Å². The van der Waals surface area contributed by atoms with Crippen LogP contribution in [0.2, 0.25) is 0 Å². The summed E-state index contributed by atoms with van der Waals surface area (Å²) in [5, 5.41) is 5.87. The summed E-state index contributed by atoms with van der Waals surface area (Å²) in [5.41, 5.74) is 4.95. The lowest BCUT2D eigenvalue weighted by Crippen LogP contribution is -2.37. The number of nitrogens with zero attached hydrogens (tertiary/aromatic N) is 2. The molecule has 8 heteroatoms. The molecule has 1 aromatic heterocycles. The van der Waals surface area contributed by atoms with Crippen LogP contribution in [0.15, 0.2) is 60.8 Å². The molecule has 0 radical (unpaired) electrons. The van der Waals surface area contributed by atoms with E-state index in [9.17, 15) is 14.4 Å². The number of carbonyl (C=O) groups excluding carboxylic acids is 3. The van der Waals surface area contributed by atoms with Crippen LogP contribution in [0.25, 0.3) is 0 Å².